The number of hydrogen-bond acceptors (Lipinski definition) is 2. The standard InChI is InChI=1S/C16H22F2N2O/c1-11(13-5-6-14(17)15(18)9-13)20-16(21)7-4-12-3-2-8-19-10-12/h5-6,9,11-12,19H,2-4,7-8,10H2,1H3,(H,20,21). The summed E-state index contributed by atoms with van der Waals surface area (Å²) in [4.78, 5) is 11.9. The molecule has 1 aromatic rings. The number of halogens is 2. The second kappa shape index (κ2) is 7.50. The van der Waals surface area contributed by atoms with Gasteiger partial charge in [0.25, 0.3) is 0 Å². The summed E-state index contributed by atoms with van der Waals surface area (Å²) in [6.07, 6.45) is 3.67. The van der Waals surface area contributed by atoms with Crippen molar-refractivity contribution in [3.8, 4) is 0 Å². The highest BCUT2D eigenvalue weighted by molar-refractivity contribution is 5.76. The molecule has 0 aromatic heterocycles. The predicted molar refractivity (Wildman–Crippen MR) is 77.7 cm³/mol. The fourth-order valence-corrected chi connectivity index (χ4v) is 2.68. The summed E-state index contributed by atoms with van der Waals surface area (Å²) in [5, 5.41) is 6.16. The van der Waals surface area contributed by atoms with Crippen LogP contribution in [-0.2, 0) is 4.79 Å². The molecule has 2 atom stereocenters. The van der Waals surface area contributed by atoms with Crippen molar-refractivity contribution in [2.75, 3.05) is 13.1 Å². The van der Waals surface area contributed by atoms with Gasteiger partial charge in [-0.15, -0.1) is 0 Å². The first-order valence-corrected chi connectivity index (χ1v) is 7.51. The molecule has 3 nitrogen and oxygen atoms in total. The molecule has 1 saturated heterocycles. The Morgan fingerprint density at radius 3 is 2.90 bits per heavy atom. The largest absolute Gasteiger partial charge is 0.350 e. The number of nitrogens with one attached hydrogen (secondary N) is 2. The maximum Gasteiger partial charge on any atom is 0.220 e. The molecule has 1 aliphatic heterocycles. The summed E-state index contributed by atoms with van der Waals surface area (Å²) in [5.74, 6) is -1.25. The summed E-state index contributed by atoms with van der Waals surface area (Å²) in [6.45, 7) is 3.81. The van der Waals surface area contributed by atoms with Crippen LogP contribution in [0, 0.1) is 17.6 Å². The zero-order chi connectivity index (χ0) is 15.2. The first-order valence-electron chi connectivity index (χ1n) is 7.51. The molecule has 0 bridgehead atoms. The number of piperidine rings is 1. The Morgan fingerprint density at radius 2 is 2.24 bits per heavy atom. The molecular formula is C16H22F2N2O. The van der Waals surface area contributed by atoms with Crippen LogP contribution < -0.4 is 10.6 Å². The van der Waals surface area contributed by atoms with E-state index < -0.39 is 11.6 Å². The maximum absolute atomic E-state index is 13.2. The van der Waals surface area contributed by atoms with Crippen LogP contribution in [0.1, 0.15) is 44.2 Å². The van der Waals surface area contributed by atoms with Crippen LogP contribution in [0.3, 0.4) is 0 Å². The molecule has 0 aliphatic carbocycles. The van der Waals surface area contributed by atoms with Crippen molar-refractivity contribution < 1.29 is 13.6 Å². The van der Waals surface area contributed by atoms with E-state index in [9.17, 15) is 13.6 Å². The van der Waals surface area contributed by atoms with Crippen LogP contribution in [0.4, 0.5) is 8.78 Å². The molecule has 2 unspecified atom stereocenters. The molecule has 0 radical (unpaired) electrons. The summed E-state index contributed by atoms with van der Waals surface area (Å²) in [6, 6.07) is 3.39. The molecule has 1 aliphatic rings. The topological polar surface area (TPSA) is 41.1 Å². The van der Waals surface area contributed by atoms with Gasteiger partial charge in [0.2, 0.25) is 5.91 Å². The van der Waals surface area contributed by atoms with Crippen molar-refractivity contribution in [2.24, 2.45) is 5.92 Å². The van der Waals surface area contributed by atoms with Crippen molar-refractivity contribution >= 4 is 5.91 Å². The highest BCUT2D eigenvalue weighted by atomic mass is 19.2. The van der Waals surface area contributed by atoms with E-state index in [1.54, 1.807) is 6.92 Å². The Balaban J connectivity index is 1.79. The van der Waals surface area contributed by atoms with Gasteiger partial charge >= 0.3 is 0 Å². The van der Waals surface area contributed by atoms with Gasteiger partial charge in [0.1, 0.15) is 0 Å². The molecule has 116 valence electrons. The molecule has 1 heterocycles. The van der Waals surface area contributed by atoms with Crippen LogP contribution in [0.25, 0.3) is 0 Å². The first kappa shape index (κ1) is 15.9. The fraction of sp³-hybridized carbons (Fsp3) is 0.562. The third-order valence-corrected chi connectivity index (χ3v) is 4.00. The Labute approximate surface area is 124 Å². The molecular weight excluding hydrogens is 274 g/mol. The maximum atomic E-state index is 13.2. The van der Waals surface area contributed by atoms with Crippen molar-refractivity contribution in [3.05, 3.63) is 35.4 Å². The van der Waals surface area contributed by atoms with Crippen molar-refractivity contribution in [1.82, 2.24) is 10.6 Å². The lowest BCUT2D eigenvalue weighted by molar-refractivity contribution is -0.122. The zero-order valence-electron chi connectivity index (χ0n) is 12.3. The van der Waals surface area contributed by atoms with Crippen LogP contribution in [0.2, 0.25) is 0 Å². The lowest BCUT2D eigenvalue weighted by atomic mass is 9.94. The third-order valence-electron chi connectivity index (χ3n) is 4.00. The van der Waals surface area contributed by atoms with Crippen LogP contribution >= 0.6 is 0 Å². The molecule has 1 aromatic carbocycles. The van der Waals surface area contributed by atoms with Gasteiger partial charge in [0.15, 0.2) is 11.6 Å². The highest BCUT2D eigenvalue weighted by Crippen LogP contribution is 2.18. The second-order valence-corrected chi connectivity index (χ2v) is 5.71. The van der Waals surface area contributed by atoms with Crippen LogP contribution in [0.5, 0.6) is 0 Å². The SMILES string of the molecule is CC(NC(=O)CCC1CCCNC1)c1ccc(F)c(F)c1. The molecule has 1 fully saturated rings. The Hall–Kier alpha value is -1.49. The average Bonchev–Trinajstić information content (AvgIpc) is 2.49. The number of carbonyl (C=O) groups is 1. The van der Waals surface area contributed by atoms with E-state index >= 15 is 0 Å². The van der Waals surface area contributed by atoms with Gasteiger partial charge in [-0.25, -0.2) is 8.78 Å². The van der Waals surface area contributed by atoms with Gasteiger partial charge in [-0.1, -0.05) is 6.07 Å². The number of amides is 1. The van der Waals surface area contributed by atoms with E-state index in [0.29, 0.717) is 17.9 Å². The van der Waals surface area contributed by atoms with Gasteiger partial charge in [0.05, 0.1) is 6.04 Å². The normalized spacial score (nSPS) is 20.0. The minimum absolute atomic E-state index is 0.0437. The van der Waals surface area contributed by atoms with Gasteiger partial charge in [-0.05, 0) is 62.9 Å². The summed E-state index contributed by atoms with van der Waals surface area (Å²) >= 11 is 0. The average molecular weight is 296 g/mol. The van der Waals surface area contributed by atoms with E-state index in [0.717, 1.165) is 38.1 Å². The zero-order valence-corrected chi connectivity index (χ0v) is 12.3. The smallest absolute Gasteiger partial charge is 0.220 e. The molecule has 0 saturated carbocycles. The van der Waals surface area contributed by atoms with E-state index in [-0.39, 0.29) is 11.9 Å². The summed E-state index contributed by atoms with van der Waals surface area (Å²) < 4.78 is 26.1. The van der Waals surface area contributed by atoms with E-state index in [1.165, 1.54) is 12.5 Å². The lowest BCUT2D eigenvalue weighted by Gasteiger charge is -2.22. The Kier molecular flexibility index (Phi) is 5.67. The quantitative estimate of drug-likeness (QED) is 0.877. The minimum atomic E-state index is -0.887. The van der Waals surface area contributed by atoms with Crippen LogP contribution in [-0.4, -0.2) is 19.0 Å². The third kappa shape index (κ3) is 4.77. The Bertz CT molecular complexity index is 487. The number of rotatable bonds is 5. The summed E-state index contributed by atoms with van der Waals surface area (Å²) in [5.41, 5.74) is 0.571. The summed E-state index contributed by atoms with van der Waals surface area (Å²) in [7, 11) is 0. The van der Waals surface area contributed by atoms with Gasteiger partial charge < -0.3 is 10.6 Å². The minimum Gasteiger partial charge on any atom is -0.350 e. The lowest BCUT2D eigenvalue weighted by Crippen LogP contribution is -2.32. The number of hydrogen-bond donors (Lipinski definition) is 2. The Morgan fingerprint density at radius 1 is 1.43 bits per heavy atom. The number of benzene rings is 1. The van der Waals surface area contributed by atoms with E-state index in [4.69, 9.17) is 0 Å². The predicted octanol–water partition coefficient (Wildman–Crippen LogP) is 2.92. The molecule has 21 heavy (non-hydrogen) atoms. The van der Waals surface area contributed by atoms with E-state index in [1.807, 2.05) is 0 Å². The highest BCUT2D eigenvalue weighted by Gasteiger charge is 2.16. The molecule has 1 amide bonds. The van der Waals surface area contributed by atoms with Gasteiger partial charge in [0, 0.05) is 6.42 Å². The van der Waals surface area contributed by atoms with Crippen molar-refractivity contribution in [2.45, 2.75) is 38.6 Å². The molecule has 0 spiro atoms. The van der Waals surface area contributed by atoms with E-state index in [2.05, 4.69) is 10.6 Å². The van der Waals surface area contributed by atoms with Crippen LogP contribution in [0.15, 0.2) is 18.2 Å². The second-order valence-electron chi connectivity index (χ2n) is 5.71. The van der Waals surface area contributed by atoms with Gasteiger partial charge in [-0.2, -0.15) is 0 Å². The van der Waals surface area contributed by atoms with Crippen molar-refractivity contribution in [1.29, 1.82) is 0 Å². The molecule has 5 heteroatoms. The van der Waals surface area contributed by atoms with Crippen molar-refractivity contribution in [3.63, 3.8) is 0 Å². The fourth-order valence-electron chi connectivity index (χ4n) is 2.68. The first-order chi connectivity index (χ1) is 10.1. The van der Waals surface area contributed by atoms with Gasteiger partial charge in [-0.3, -0.25) is 4.79 Å². The molecule has 2 rings (SSSR count). The molecule has 2 N–H and O–H groups in total. The number of carbonyl (C=O) groups excluding carboxylic acids is 1. The monoisotopic (exact) mass is 296 g/mol.